The Kier molecular flexibility index (Phi) is 6.00. The van der Waals surface area contributed by atoms with E-state index in [1.54, 1.807) is 6.07 Å². The van der Waals surface area contributed by atoms with E-state index < -0.39 is 0 Å². The second kappa shape index (κ2) is 9.16. The first kappa shape index (κ1) is 22.9. The third-order valence-corrected chi connectivity index (χ3v) is 8.63. The van der Waals surface area contributed by atoms with E-state index in [4.69, 9.17) is 12.6 Å². The Morgan fingerprint density at radius 2 is 1.94 bits per heavy atom. The minimum atomic E-state index is -0.322. The summed E-state index contributed by atoms with van der Waals surface area (Å²) < 4.78 is 19.0. The second-order valence-corrected chi connectivity index (χ2v) is 10.8. The fourth-order valence-electron chi connectivity index (χ4n) is 5.39. The van der Waals surface area contributed by atoms with Crippen LogP contribution in [0.1, 0.15) is 34.9 Å². The number of nitrogens with zero attached hydrogens (tertiary/aromatic N) is 4. The van der Waals surface area contributed by atoms with Crippen molar-refractivity contribution in [2.24, 2.45) is 0 Å². The van der Waals surface area contributed by atoms with Gasteiger partial charge in [-0.25, -0.2) is 4.39 Å². The molecule has 1 N–H and O–H groups in total. The number of amides is 2. The number of rotatable bonds is 4. The highest BCUT2D eigenvalue weighted by Crippen LogP contribution is 2.39. The summed E-state index contributed by atoms with van der Waals surface area (Å²) in [5, 5.41) is 3.33. The standard InChI is InChI=1S/C25H26FN5O2S2/c26-17-2-4-19-21(12-17)35-28-23(19)30-9-7-29(8-10-30)13-15-1-3-18-16(11-15)14-31(25(18)34)20-5-6-22(32)27-24(20)33/h1-4,11-12,20,25,34H,5-10,13-14H2,(H,27,32,33). The number of hydrogen-bond acceptors (Lipinski definition) is 8. The highest BCUT2D eigenvalue weighted by molar-refractivity contribution is 7.80. The lowest BCUT2D eigenvalue weighted by atomic mass is 10.0. The van der Waals surface area contributed by atoms with Crippen LogP contribution in [-0.2, 0) is 22.7 Å². The highest BCUT2D eigenvalue weighted by atomic mass is 32.1. The number of nitrogens with one attached hydrogen (secondary N) is 1. The van der Waals surface area contributed by atoms with Crippen LogP contribution < -0.4 is 10.2 Å². The quantitative estimate of drug-likeness (QED) is 0.414. The number of halogens is 1. The van der Waals surface area contributed by atoms with Crippen LogP contribution in [0, 0.1) is 5.82 Å². The first-order chi connectivity index (χ1) is 17.0. The van der Waals surface area contributed by atoms with Gasteiger partial charge in [-0.05, 0) is 52.8 Å². The van der Waals surface area contributed by atoms with Crippen molar-refractivity contribution in [3.63, 3.8) is 0 Å². The molecule has 3 aromatic rings. The van der Waals surface area contributed by atoms with E-state index in [2.05, 4.69) is 42.6 Å². The van der Waals surface area contributed by atoms with Crippen LogP contribution in [-0.4, -0.2) is 58.2 Å². The third-order valence-electron chi connectivity index (χ3n) is 7.26. The van der Waals surface area contributed by atoms with Crippen LogP contribution in [0.4, 0.5) is 10.2 Å². The minimum Gasteiger partial charge on any atom is -0.353 e. The Bertz CT molecular complexity index is 1310. The van der Waals surface area contributed by atoms with E-state index in [9.17, 15) is 14.0 Å². The number of imide groups is 1. The Hall–Kier alpha value is -2.53. The van der Waals surface area contributed by atoms with Crippen molar-refractivity contribution in [3.8, 4) is 0 Å². The van der Waals surface area contributed by atoms with Gasteiger partial charge < -0.3 is 4.90 Å². The molecule has 6 rings (SSSR count). The number of hydrogen-bond donors (Lipinski definition) is 2. The molecule has 2 fully saturated rings. The third kappa shape index (κ3) is 4.33. The normalized spacial score (nSPS) is 23.7. The number of carbonyl (C=O) groups is 2. The molecule has 10 heteroatoms. The molecule has 7 nitrogen and oxygen atoms in total. The summed E-state index contributed by atoms with van der Waals surface area (Å²) in [5.74, 6) is 0.314. The number of fused-ring (bicyclic) bond motifs is 2. The van der Waals surface area contributed by atoms with E-state index in [1.807, 2.05) is 6.07 Å². The van der Waals surface area contributed by atoms with Gasteiger partial charge in [0.15, 0.2) is 0 Å². The zero-order valence-corrected chi connectivity index (χ0v) is 20.8. The van der Waals surface area contributed by atoms with Crippen LogP contribution in [0.3, 0.4) is 0 Å². The van der Waals surface area contributed by atoms with Gasteiger partial charge in [-0.2, -0.15) is 17.0 Å². The van der Waals surface area contributed by atoms with Gasteiger partial charge in [-0.15, -0.1) is 0 Å². The van der Waals surface area contributed by atoms with Gasteiger partial charge in [0.05, 0.1) is 16.1 Å². The van der Waals surface area contributed by atoms with Crippen LogP contribution in [0.25, 0.3) is 10.1 Å². The monoisotopic (exact) mass is 511 g/mol. The van der Waals surface area contributed by atoms with Gasteiger partial charge in [0.1, 0.15) is 11.6 Å². The molecular formula is C25H26FN5O2S2. The Labute approximate surface area is 212 Å². The van der Waals surface area contributed by atoms with Gasteiger partial charge in [0, 0.05) is 51.1 Å². The van der Waals surface area contributed by atoms with Crippen molar-refractivity contribution >= 4 is 51.9 Å². The van der Waals surface area contributed by atoms with E-state index in [0.717, 1.165) is 54.2 Å². The predicted molar refractivity (Wildman–Crippen MR) is 137 cm³/mol. The Balaban J connectivity index is 1.09. The van der Waals surface area contributed by atoms with Crippen LogP contribution in [0.5, 0.6) is 0 Å². The average Bonchev–Trinajstić information content (AvgIpc) is 3.40. The van der Waals surface area contributed by atoms with E-state index in [1.165, 1.54) is 28.7 Å². The highest BCUT2D eigenvalue weighted by Gasteiger charge is 2.39. The maximum absolute atomic E-state index is 13.5. The molecule has 3 aliphatic rings. The molecule has 2 amide bonds. The molecule has 0 bridgehead atoms. The zero-order chi connectivity index (χ0) is 24.1. The summed E-state index contributed by atoms with van der Waals surface area (Å²) in [6.45, 7) is 5.13. The van der Waals surface area contributed by atoms with Gasteiger partial charge in [0.25, 0.3) is 0 Å². The fraction of sp³-hybridized carbons (Fsp3) is 0.400. The second-order valence-electron chi connectivity index (χ2n) is 9.46. The molecular weight excluding hydrogens is 485 g/mol. The summed E-state index contributed by atoms with van der Waals surface area (Å²) in [4.78, 5) is 30.7. The SMILES string of the molecule is O=C1CCC(N2Cc3cc(CN4CCN(c5nsc6cc(F)ccc56)CC4)ccc3C2S)C(=O)N1. The summed E-state index contributed by atoms with van der Waals surface area (Å²) in [6.07, 6.45) is 0.907. The van der Waals surface area contributed by atoms with E-state index >= 15 is 0 Å². The molecule has 2 unspecified atom stereocenters. The van der Waals surface area contributed by atoms with Gasteiger partial charge in [-0.3, -0.25) is 24.7 Å². The lowest BCUT2D eigenvalue weighted by molar-refractivity contribution is -0.137. The molecule has 2 saturated heterocycles. The van der Waals surface area contributed by atoms with Gasteiger partial charge >= 0.3 is 0 Å². The molecule has 0 radical (unpaired) electrons. The molecule has 1 aromatic heterocycles. The molecule has 0 spiro atoms. The first-order valence-corrected chi connectivity index (χ1v) is 13.2. The molecule has 2 aromatic carbocycles. The molecule has 35 heavy (non-hydrogen) atoms. The maximum atomic E-state index is 13.5. The lowest BCUT2D eigenvalue weighted by Gasteiger charge is -2.35. The molecule has 4 heterocycles. The Morgan fingerprint density at radius 3 is 2.74 bits per heavy atom. The number of carbonyl (C=O) groups excluding carboxylic acids is 2. The predicted octanol–water partition coefficient (Wildman–Crippen LogP) is 3.31. The van der Waals surface area contributed by atoms with E-state index in [-0.39, 0.29) is 29.0 Å². The summed E-state index contributed by atoms with van der Waals surface area (Å²) in [7, 11) is 0. The molecule has 3 aliphatic heterocycles. The van der Waals surface area contributed by atoms with Crippen molar-refractivity contribution in [1.82, 2.24) is 19.5 Å². The van der Waals surface area contributed by atoms with Crippen molar-refractivity contribution in [2.75, 3.05) is 31.1 Å². The van der Waals surface area contributed by atoms with Crippen LogP contribution >= 0.6 is 24.2 Å². The van der Waals surface area contributed by atoms with Crippen molar-refractivity contribution in [2.45, 2.75) is 37.3 Å². The van der Waals surface area contributed by atoms with Crippen LogP contribution in [0.2, 0.25) is 0 Å². The first-order valence-electron chi connectivity index (χ1n) is 11.9. The summed E-state index contributed by atoms with van der Waals surface area (Å²) >= 11 is 6.14. The number of piperidine rings is 1. The van der Waals surface area contributed by atoms with E-state index in [0.29, 0.717) is 19.4 Å². The topological polar surface area (TPSA) is 68.8 Å². The number of thiol groups is 1. The van der Waals surface area contributed by atoms with Gasteiger partial charge in [-0.1, -0.05) is 18.2 Å². The number of piperazine rings is 1. The fourth-order valence-corrected chi connectivity index (χ4v) is 6.71. The van der Waals surface area contributed by atoms with Crippen molar-refractivity contribution < 1.29 is 14.0 Å². The number of anilines is 1. The smallest absolute Gasteiger partial charge is 0.243 e. The lowest BCUT2D eigenvalue weighted by Crippen LogP contribution is -2.51. The van der Waals surface area contributed by atoms with Crippen LogP contribution in [0.15, 0.2) is 36.4 Å². The van der Waals surface area contributed by atoms with Gasteiger partial charge in [0.2, 0.25) is 11.8 Å². The number of aromatic nitrogens is 1. The maximum Gasteiger partial charge on any atom is 0.243 e. The largest absolute Gasteiger partial charge is 0.353 e. The summed E-state index contributed by atoms with van der Waals surface area (Å²) in [5.41, 5.74) is 3.59. The number of benzene rings is 2. The van der Waals surface area contributed by atoms with Crippen molar-refractivity contribution in [1.29, 1.82) is 0 Å². The Morgan fingerprint density at radius 1 is 1.11 bits per heavy atom. The molecule has 0 aliphatic carbocycles. The average molecular weight is 512 g/mol. The minimum absolute atomic E-state index is 0.145. The molecule has 182 valence electrons. The molecule has 0 saturated carbocycles. The molecule has 2 atom stereocenters. The van der Waals surface area contributed by atoms with Crippen molar-refractivity contribution in [3.05, 3.63) is 58.9 Å². The zero-order valence-electron chi connectivity index (χ0n) is 19.1. The summed E-state index contributed by atoms with van der Waals surface area (Å²) in [6, 6.07) is 11.1.